The van der Waals surface area contributed by atoms with Gasteiger partial charge < -0.3 is 34.7 Å². The van der Waals surface area contributed by atoms with Crippen molar-refractivity contribution in [2.45, 2.75) is 92.6 Å². The Labute approximate surface area is 332 Å². The number of nitrogens with zero attached hydrogens (tertiary/aromatic N) is 6. The SMILES string of the molecule is CC[C@]1(O)CC2CN(CCc3c([nH]c4ccccc34)[C@@](C(=O)OC)(c3cc4c(cc3OC)N(C)C3C45CCN4CC=C[C@](CC)([C@H]45)[C@@H](O)[C@@]3(O)C(=O)N=[N+]=[N-])C2)C1. The van der Waals surface area contributed by atoms with Crippen LogP contribution >= 0.6 is 0 Å². The van der Waals surface area contributed by atoms with Gasteiger partial charge in [0.1, 0.15) is 17.3 Å². The highest BCUT2D eigenvalue weighted by atomic mass is 16.5. The second-order valence-electron chi connectivity index (χ2n) is 17.6. The Kier molecular flexibility index (Phi) is 8.72. The third kappa shape index (κ3) is 4.79. The fourth-order valence-corrected chi connectivity index (χ4v) is 13.1. The second-order valence-corrected chi connectivity index (χ2v) is 17.6. The maximum Gasteiger partial charge on any atom is 0.322 e. The van der Waals surface area contributed by atoms with Gasteiger partial charge in [-0.3, -0.25) is 19.4 Å². The van der Waals surface area contributed by atoms with E-state index in [1.165, 1.54) is 7.11 Å². The van der Waals surface area contributed by atoms with Gasteiger partial charge in [-0.1, -0.05) is 44.2 Å². The van der Waals surface area contributed by atoms with Crippen molar-refractivity contribution in [1.82, 2.24) is 14.8 Å². The van der Waals surface area contributed by atoms with Gasteiger partial charge in [0.15, 0.2) is 5.60 Å². The van der Waals surface area contributed by atoms with Gasteiger partial charge >= 0.3 is 5.97 Å². The molecule has 1 aliphatic carbocycles. The van der Waals surface area contributed by atoms with Gasteiger partial charge in [0.25, 0.3) is 5.91 Å². The van der Waals surface area contributed by atoms with Crippen LogP contribution in [0, 0.1) is 11.3 Å². The highest BCUT2D eigenvalue weighted by Gasteiger charge is 2.78. The maximum absolute atomic E-state index is 15.2. The molecule has 14 nitrogen and oxygen atoms in total. The molecule has 4 unspecified atom stereocenters. The molecule has 5 aliphatic heterocycles. The highest BCUT2D eigenvalue weighted by Crippen LogP contribution is 2.67. The number of H-pyrrole nitrogens is 1. The Hall–Kier alpha value is -4.43. The largest absolute Gasteiger partial charge is 0.496 e. The second kappa shape index (κ2) is 13.0. The minimum Gasteiger partial charge on any atom is -0.496 e. The number of aliphatic hydroxyl groups is 3. The van der Waals surface area contributed by atoms with E-state index in [9.17, 15) is 25.6 Å². The van der Waals surface area contributed by atoms with Crippen molar-refractivity contribution in [3.05, 3.63) is 81.4 Å². The molecule has 1 aromatic heterocycles. The lowest BCUT2D eigenvalue weighted by atomic mass is 9.47. The first-order valence-corrected chi connectivity index (χ1v) is 20.3. The Morgan fingerprint density at radius 3 is 2.58 bits per heavy atom. The monoisotopic (exact) mass is 779 g/mol. The number of azide groups is 1. The molecule has 1 amide bonds. The first-order chi connectivity index (χ1) is 27.3. The molecule has 4 N–H and O–H groups in total. The number of hydrogen-bond acceptors (Lipinski definition) is 10. The summed E-state index contributed by atoms with van der Waals surface area (Å²) in [4.78, 5) is 42.4. The van der Waals surface area contributed by atoms with Gasteiger partial charge in [0.2, 0.25) is 0 Å². The average molecular weight is 780 g/mol. The van der Waals surface area contributed by atoms with E-state index in [0.29, 0.717) is 88.2 Å². The fourth-order valence-electron chi connectivity index (χ4n) is 13.1. The average Bonchev–Trinajstić information content (AvgIpc) is 3.88. The molecule has 9 rings (SSSR count). The molecular formula is C43H53N7O7. The van der Waals surface area contributed by atoms with Crippen molar-refractivity contribution in [3.8, 4) is 5.75 Å². The molecule has 2 aromatic carbocycles. The molecule has 57 heavy (non-hydrogen) atoms. The number of hydrogen-bond donors (Lipinski definition) is 4. The number of fused-ring (bicyclic) bond motifs is 6. The minimum absolute atomic E-state index is 0.110. The number of esters is 1. The summed E-state index contributed by atoms with van der Waals surface area (Å²) in [7, 11) is 4.79. The zero-order valence-corrected chi connectivity index (χ0v) is 33.4. The third-order valence-electron chi connectivity index (χ3n) is 15.3. The van der Waals surface area contributed by atoms with Gasteiger partial charge in [-0.05, 0) is 84.9 Å². The number of likely N-dealkylation sites (N-methyl/N-ethyl adjacent to an activating group) is 1. The van der Waals surface area contributed by atoms with E-state index in [1.807, 2.05) is 55.2 Å². The lowest BCUT2D eigenvalue weighted by molar-refractivity contribution is -0.201. The van der Waals surface area contributed by atoms with Crippen LogP contribution < -0.4 is 9.64 Å². The number of carbonyl (C=O) groups excluding carboxylic acids is 2. The minimum atomic E-state index is -2.49. The van der Waals surface area contributed by atoms with Crippen molar-refractivity contribution >= 4 is 28.5 Å². The molecule has 3 aromatic rings. The number of benzene rings is 2. The summed E-state index contributed by atoms with van der Waals surface area (Å²) in [6, 6.07) is 10.6. The predicted molar refractivity (Wildman–Crippen MR) is 213 cm³/mol. The van der Waals surface area contributed by atoms with E-state index in [1.54, 1.807) is 14.2 Å². The number of aliphatic hydroxyl groups excluding tert-OH is 1. The van der Waals surface area contributed by atoms with Gasteiger partial charge in [-0.2, -0.15) is 0 Å². The lowest BCUT2D eigenvalue weighted by Crippen LogP contribution is -2.80. The van der Waals surface area contributed by atoms with Crippen LogP contribution in [0.1, 0.15) is 68.3 Å². The fraction of sp³-hybridized carbons (Fsp3) is 0.581. The van der Waals surface area contributed by atoms with E-state index in [-0.39, 0.29) is 12.0 Å². The van der Waals surface area contributed by atoms with Gasteiger partial charge in [-0.25, -0.2) is 0 Å². The summed E-state index contributed by atoms with van der Waals surface area (Å²) in [5.74, 6) is -1.28. The van der Waals surface area contributed by atoms with Crippen LogP contribution in [0.3, 0.4) is 0 Å². The van der Waals surface area contributed by atoms with Crippen LogP contribution in [0.2, 0.25) is 0 Å². The summed E-state index contributed by atoms with van der Waals surface area (Å²) in [6.07, 6.45) is 5.30. The number of nitrogens with one attached hydrogen (secondary N) is 1. The lowest BCUT2D eigenvalue weighted by Gasteiger charge is -2.63. The Morgan fingerprint density at radius 2 is 1.86 bits per heavy atom. The van der Waals surface area contributed by atoms with Crippen molar-refractivity contribution in [2.24, 2.45) is 16.4 Å². The Balaban J connectivity index is 1.37. The number of amides is 1. The van der Waals surface area contributed by atoms with Crippen LogP contribution in [-0.4, -0.2) is 125 Å². The number of ether oxygens (including phenoxy) is 2. The molecule has 6 heterocycles. The molecule has 0 radical (unpaired) electrons. The number of anilines is 1. The molecule has 3 fully saturated rings. The standard InChI is InChI=1S/C43H53N7O7/c1-6-39(54)21-25-22-42(38(53)57-5,33-27(13-17-49(23-25)24-39)26-11-8-9-12-30(26)45-33)29-19-28-31(20-32(29)56-4)48(3)35-41(28)15-18-50-16-10-14-40(7-2,34(41)50)36(51)43(35,55)37(52)46-47-44/h8-12,14,19-20,25,34-36,45,51,54-55H,6-7,13,15-18,21-24H2,1-5H3/t25?,34-,35?,36+,39-,40+,41?,42-,43+/m0/s1. The number of aromatic amines is 1. The third-order valence-corrected chi connectivity index (χ3v) is 15.3. The van der Waals surface area contributed by atoms with Crippen molar-refractivity contribution in [1.29, 1.82) is 0 Å². The van der Waals surface area contributed by atoms with Crippen LogP contribution in [0.5, 0.6) is 5.75 Å². The van der Waals surface area contributed by atoms with E-state index in [4.69, 9.17) is 9.47 Å². The van der Waals surface area contributed by atoms with Crippen LogP contribution in [0.25, 0.3) is 21.3 Å². The first kappa shape index (κ1) is 38.1. The number of carbonyl (C=O) groups is 2. The van der Waals surface area contributed by atoms with Crippen LogP contribution in [0.4, 0.5) is 5.69 Å². The predicted octanol–water partition coefficient (Wildman–Crippen LogP) is 4.08. The van der Waals surface area contributed by atoms with Gasteiger partial charge in [0, 0.05) is 88.9 Å². The Morgan fingerprint density at radius 1 is 1.07 bits per heavy atom. The van der Waals surface area contributed by atoms with Crippen molar-refractivity contribution in [2.75, 3.05) is 58.9 Å². The van der Waals surface area contributed by atoms with Crippen LogP contribution in [-0.2, 0) is 31.6 Å². The maximum atomic E-state index is 15.2. The van der Waals surface area contributed by atoms with E-state index in [2.05, 4.69) is 36.9 Å². The Bertz CT molecular complexity index is 2250. The molecule has 302 valence electrons. The number of rotatable bonds is 6. The highest BCUT2D eigenvalue weighted by molar-refractivity contribution is 5.95. The number of piperidine rings is 1. The summed E-state index contributed by atoms with van der Waals surface area (Å²) in [5.41, 5.74) is 7.34. The molecule has 1 spiro atoms. The number of para-hydroxylation sites is 1. The quantitative estimate of drug-likeness (QED) is 0.0934. The van der Waals surface area contributed by atoms with Gasteiger partial charge in [-0.15, -0.1) is 0 Å². The molecule has 14 heteroatoms. The zero-order valence-electron chi connectivity index (χ0n) is 33.4. The van der Waals surface area contributed by atoms with E-state index < -0.39 is 51.5 Å². The zero-order chi connectivity index (χ0) is 40.3. The molecule has 1 saturated carbocycles. The van der Waals surface area contributed by atoms with Gasteiger partial charge in [0.05, 0.1) is 25.9 Å². The number of aromatic nitrogens is 1. The van der Waals surface area contributed by atoms with Crippen molar-refractivity contribution in [3.63, 3.8) is 0 Å². The number of methoxy groups -OCH3 is 2. The molecule has 10 atom stereocenters. The molecular weight excluding hydrogens is 727 g/mol. The summed E-state index contributed by atoms with van der Waals surface area (Å²) in [5, 5.41) is 41.7. The normalized spacial score (nSPS) is 37.8. The smallest absolute Gasteiger partial charge is 0.322 e. The van der Waals surface area contributed by atoms with E-state index in [0.717, 1.165) is 27.7 Å². The molecule has 2 saturated heterocycles. The first-order valence-electron chi connectivity index (χ1n) is 20.3. The summed E-state index contributed by atoms with van der Waals surface area (Å²) in [6.45, 7) is 7.16. The molecule has 2 bridgehead atoms. The topological polar surface area (TPSA) is 188 Å². The summed E-state index contributed by atoms with van der Waals surface area (Å²) < 4.78 is 12.2. The van der Waals surface area contributed by atoms with Crippen LogP contribution in [0.15, 0.2) is 53.7 Å². The summed E-state index contributed by atoms with van der Waals surface area (Å²) >= 11 is 0. The van der Waals surface area contributed by atoms with Crippen molar-refractivity contribution < 1.29 is 34.4 Å². The molecule has 6 aliphatic rings. The van der Waals surface area contributed by atoms with E-state index >= 15 is 4.79 Å².